The number of hydrogen-bond acceptors (Lipinski definition) is 3. The molecule has 1 fully saturated rings. The molecule has 2 rings (SSSR count). The number of piperidine rings is 1. The zero-order valence-corrected chi connectivity index (χ0v) is 13.8. The second-order valence-corrected chi connectivity index (χ2v) is 6.82. The van der Waals surface area contributed by atoms with Crippen molar-refractivity contribution in [2.75, 3.05) is 12.8 Å². The lowest BCUT2D eigenvalue weighted by atomic mass is 9.98. The number of thioether (sulfide) groups is 1. The fraction of sp³-hybridized carbons (Fsp3) is 0.647. The van der Waals surface area contributed by atoms with E-state index in [1.54, 1.807) is 11.8 Å². The average molecular weight is 292 g/mol. The third-order valence-electron chi connectivity index (χ3n) is 4.20. The summed E-state index contributed by atoms with van der Waals surface area (Å²) in [6.45, 7) is 5.77. The Morgan fingerprint density at radius 2 is 2.00 bits per heavy atom. The molecule has 1 aromatic rings. The van der Waals surface area contributed by atoms with E-state index in [9.17, 15) is 0 Å². The average Bonchev–Trinajstić information content (AvgIpc) is 2.48. The Morgan fingerprint density at radius 1 is 1.25 bits per heavy atom. The number of hydrogen-bond donors (Lipinski definition) is 2. The molecule has 2 N–H and O–H groups in total. The molecule has 0 aromatic heterocycles. The Bertz CT molecular complexity index is 384. The van der Waals surface area contributed by atoms with Gasteiger partial charge in [-0.25, -0.2) is 0 Å². The van der Waals surface area contributed by atoms with Crippen molar-refractivity contribution in [3.05, 3.63) is 29.8 Å². The first-order valence-electron chi connectivity index (χ1n) is 7.82. The standard InChI is InChI=1S/C17H28N2S/c1-13(12-16-6-4-5-11-18-16)19-14(2)15-7-9-17(20-3)10-8-15/h7-10,13-14,16,18-19H,4-6,11-12H2,1-3H3. The van der Waals surface area contributed by atoms with Crippen LogP contribution < -0.4 is 10.6 Å². The van der Waals surface area contributed by atoms with E-state index in [0.29, 0.717) is 18.1 Å². The predicted molar refractivity (Wildman–Crippen MR) is 89.5 cm³/mol. The maximum atomic E-state index is 3.73. The van der Waals surface area contributed by atoms with Crippen LogP contribution in [0.5, 0.6) is 0 Å². The smallest absolute Gasteiger partial charge is 0.0294 e. The minimum atomic E-state index is 0.421. The molecule has 3 heteroatoms. The Balaban J connectivity index is 1.81. The maximum Gasteiger partial charge on any atom is 0.0294 e. The maximum absolute atomic E-state index is 3.73. The van der Waals surface area contributed by atoms with Crippen molar-refractivity contribution in [1.82, 2.24) is 10.6 Å². The van der Waals surface area contributed by atoms with Crippen LogP contribution in [0, 0.1) is 0 Å². The molecule has 1 heterocycles. The first-order valence-corrected chi connectivity index (χ1v) is 9.05. The van der Waals surface area contributed by atoms with Gasteiger partial charge in [0.15, 0.2) is 0 Å². The number of nitrogens with one attached hydrogen (secondary N) is 2. The van der Waals surface area contributed by atoms with Gasteiger partial charge in [0.1, 0.15) is 0 Å². The highest BCUT2D eigenvalue weighted by molar-refractivity contribution is 7.98. The molecule has 20 heavy (non-hydrogen) atoms. The lowest BCUT2D eigenvalue weighted by Crippen LogP contribution is -2.40. The first-order chi connectivity index (χ1) is 9.69. The highest BCUT2D eigenvalue weighted by Gasteiger charge is 2.17. The van der Waals surface area contributed by atoms with Crippen LogP contribution in [0.3, 0.4) is 0 Å². The van der Waals surface area contributed by atoms with Crippen molar-refractivity contribution in [2.45, 2.75) is 62.6 Å². The van der Waals surface area contributed by atoms with Gasteiger partial charge in [-0.3, -0.25) is 0 Å². The van der Waals surface area contributed by atoms with Crippen molar-refractivity contribution < 1.29 is 0 Å². The number of rotatable bonds is 6. The van der Waals surface area contributed by atoms with Crippen molar-refractivity contribution in [1.29, 1.82) is 0 Å². The van der Waals surface area contributed by atoms with Crippen molar-refractivity contribution in [3.63, 3.8) is 0 Å². The highest BCUT2D eigenvalue weighted by atomic mass is 32.2. The van der Waals surface area contributed by atoms with Crippen LogP contribution in [0.2, 0.25) is 0 Å². The molecular weight excluding hydrogens is 264 g/mol. The van der Waals surface area contributed by atoms with Gasteiger partial charge >= 0.3 is 0 Å². The normalized spacial score (nSPS) is 22.4. The fourth-order valence-corrected chi connectivity index (χ4v) is 3.44. The van der Waals surface area contributed by atoms with E-state index in [1.165, 1.54) is 42.7 Å². The molecule has 1 aliphatic rings. The lowest BCUT2D eigenvalue weighted by molar-refractivity contribution is 0.334. The molecule has 112 valence electrons. The summed E-state index contributed by atoms with van der Waals surface area (Å²) in [6, 6.07) is 10.6. The summed E-state index contributed by atoms with van der Waals surface area (Å²) in [6.07, 6.45) is 7.42. The van der Waals surface area contributed by atoms with E-state index in [4.69, 9.17) is 0 Å². The lowest BCUT2D eigenvalue weighted by Gasteiger charge is -2.28. The van der Waals surface area contributed by atoms with E-state index in [1.807, 2.05) is 0 Å². The predicted octanol–water partition coefficient (Wildman–Crippen LogP) is 3.98. The summed E-state index contributed by atoms with van der Waals surface area (Å²) in [4.78, 5) is 1.33. The summed E-state index contributed by atoms with van der Waals surface area (Å²) < 4.78 is 0. The van der Waals surface area contributed by atoms with Crippen molar-refractivity contribution in [3.8, 4) is 0 Å². The van der Waals surface area contributed by atoms with E-state index >= 15 is 0 Å². The molecule has 3 atom stereocenters. The van der Waals surface area contributed by atoms with E-state index in [0.717, 1.165) is 0 Å². The SMILES string of the molecule is CSc1ccc(C(C)NC(C)CC2CCCCN2)cc1. The van der Waals surface area contributed by atoms with Crippen LogP contribution >= 0.6 is 11.8 Å². The van der Waals surface area contributed by atoms with Gasteiger partial charge in [0.2, 0.25) is 0 Å². The molecule has 0 bridgehead atoms. The molecule has 0 spiro atoms. The molecule has 0 aliphatic carbocycles. The van der Waals surface area contributed by atoms with Crippen molar-refractivity contribution in [2.24, 2.45) is 0 Å². The molecule has 1 saturated heterocycles. The molecular formula is C17H28N2S. The fourth-order valence-electron chi connectivity index (χ4n) is 3.04. The molecule has 0 amide bonds. The molecule has 2 nitrogen and oxygen atoms in total. The van der Waals surface area contributed by atoms with Gasteiger partial charge in [0.25, 0.3) is 0 Å². The largest absolute Gasteiger partial charge is 0.314 e. The Morgan fingerprint density at radius 3 is 2.60 bits per heavy atom. The van der Waals surface area contributed by atoms with Crippen LogP contribution in [0.4, 0.5) is 0 Å². The topological polar surface area (TPSA) is 24.1 Å². The molecule has 1 aromatic carbocycles. The Hall–Kier alpha value is -0.510. The Labute approximate surface area is 128 Å². The summed E-state index contributed by atoms with van der Waals surface area (Å²) in [7, 11) is 0. The zero-order chi connectivity index (χ0) is 14.4. The second-order valence-electron chi connectivity index (χ2n) is 5.95. The minimum Gasteiger partial charge on any atom is -0.314 e. The highest BCUT2D eigenvalue weighted by Crippen LogP contribution is 2.20. The monoisotopic (exact) mass is 292 g/mol. The molecule has 0 saturated carbocycles. The van der Waals surface area contributed by atoms with Crippen LogP contribution in [-0.4, -0.2) is 24.9 Å². The third kappa shape index (κ3) is 4.80. The van der Waals surface area contributed by atoms with E-state index < -0.39 is 0 Å². The summed E-state index contributed by atoms with van der Waals surface area (Å²) in [5.41, 5.74) is 1.38. The zero-order valence-electron chi connectivity index (χ0n) is 13.0. The van der Waals surface area contributed by atoms with Crippen LogP contribution in [0.15, 0.2) is 29.2 Å². The molecule has 3 unspecified atom stereocenters. The van der Waals surface area contributed by atoms with Crippen molar-refractivity contribution >= 4 is 11.8 Å². The van der Waals surface area contributed by atoms with E-state index in [2.05, 4.69) is 55.0 Å². The van der Waals surface area contributed by atoms with Gasteiger partial charge in [-0.05, 0) is 63.6 Å². The third-order valence-corrected chi connectivity index (χ3v) is 4.94. The van der Waals surface area contributed by atoms with E-state index in [-0.39, 0.29) is 0 Å². The van der Waals surface area contributed by atoms with Gasteiger partial charge in [0, 0.05) is 23.0 Å². The summed E-state index contributed by atoms with van der Waals surface area (Å²) in [5.74, 6) is 0. The first kappa shape index (κ1) is 15.9. The van der Waals surface area contributed by atoms with Crippen LogP contribution in [-0.2, 0) is 0 Å². The second kappa shape index (κ2) is 8.06. The van der Waals surface area contributed by atoms with Gasteiger partial charge in [-0.1, -0.05) is 18.6 Å². The van der Waals surface area contributed by atoms with Gasteiger partial charge < -0.3 is 10.6 Å². The quantitative estimate of drug-likeness (QED) is 0.776. The van der Waals surface area contributed by atoms with Crippen LogP contribution in [0.25, 0.3) is 0 Å². The summed E-state index contributed by atoms with van der Waals surface area (Å²) >= 11 is 1.80. The van der Waals surface area contributed by atoms with Gasteiger partial charge in [-0.2, -0.15) is 0 Å². The number of benzene rings is 1. The Kier molecular flexibility index (Phi) is 6.40. The summed E-state index contributed by atoms with van der Waals surface area (Å²) in [5, 5.41) is 7.37. The minimum absolute atomic E-state index is 0.421. The van der Waals surface area contributed by atoms with Gasteiger partial charge in [0.05, 0.1) is 0 Å². The molecule has 1 aliphatic heterocycles. The van der Waals surface area contributed by atoms with Crippen LogP contribution in [0.1, 0.15) is 51.1 Å². The molecule has 0 radical (unpaired) electrons. The van der Waals surface area contributed by atoms with Gasteiger partial charge in [-0.15, -0.1) is 11.8 Å².